The molecule has 0 aromatic heterocycles. The lowest BCUT2D eigenvalue weighted by molar-refractivity contribution is -0.149. The zero-order valence-electron chi connectivity index (χ0n) is 14.2. The van der Waals surface area contributed by atoms with E-state index in [-0.39, 0.29) is 5.97 Å². The predicted molar refractivity (Wildman–Crippen MR) is 86.2 cm³/mol. The van der Waals surface area contributed by atoms with Crippen molar-refractivity contribution in [3.63, 3.8) is 0 Å². The van der Waals surface area contributed by atoms with E-state index in [1.807, 2.05) is 6.92 Å². The standard InChI is InChI=1S/C16H33N3O2/c1-5-14-13-18(4)10-8-12-19(14)11-7-9-16(3,17)15(20)21-6-2/h14H,5-13,17H2,1-4H3. The number of ether oxygens (including phenoxy) is 1. The van der Waals surface area contributed by atoms with Crippen molar-refractivity contribution < 1.29 is 9.53 Å². The molecule has 0 saturated carbocycles. The zero-order chi connectivity index (χ0) is 15.9. The molecule has 1 aliphatic rings. The van der Waals surface area contributed by atoms with Crippen LogP contribution in [0.1, 0.15) is 46.5 Å². The summed E-state index contributed by atoms with van der Waals surface area (Å²) in [5.74, 6) is -0.285. The van der Waals surface area contributed by atoms with Gasteiger partial charge in [-0.3, -0.25) is 9.69 Å². The average Bonchev–Trinajstić information content (AvgIpc) is 2.60. The topological polar surface area (TPSA) is 58.8 Å². The summed E-state index contributed by atoms with van der Waals surface area (Å²) in [5.41, 5.74) is 5.22. The van der Waals surface area contributed by atoms with Gasteiger partial charge in [-0.05, 0) is 66.2 Å². The van der Waals surface area contributed by atoms with Crippen LogP contribution in [-0.4, -0.2) is 67.2 Å². The molecule has 2 unspecified atom stereocenters. The highest BCUT2D eigenvalue weighted by Crippen LogP contribution is 2.16. The van der Waals surface area contributed by atoms with Crippen LogP contribution in [0.15, 0.2) is 0 Å². The smallest absolute Gasteiger partial charge is 0.325 e. The summed E-state index contributed by atoms with van der Waals surface area (Å²) < 4.78 is 5.04. The van der Waals surface area contributed by atoms with Crippen LogP contribution in [0.5, 0.6) is 0 Å². The molecule has 5 heteroatoms. The summed E-state index contributed by atoms with van der Waals surface area (Å²) in [6.45, 7) is 10.7. The van der Waals surface area contributed by atoms with Crippen molar-refractivity contribution in [2.75, 3.05) is 39.8 Å². The molecule has 1 saturated heterocycles. The summed E-state index contributed by atoms with van der Waals surface area (Å²) in [6.07, 6.45) is 3.99. The van der Waals surface area contributed by atoms with E-state index < -0.39 is 5.54 Å². The van der Waals surface area contributed by atoms with E-state index in [9.17, 15) is 4.79 Å². The molecule has 0 bridgehead atoms. The molecule has 0 spiro atoms. The van der Waals surface area contributed by atoms with Crippen LogP contribution < -0.4 is 5.73 Å². The van der Waals surface area contributed by atoms with E-state index >= 15 is 0 Å². The molecule has 1 fully saturated rings. The monoisotopic (exact) mass is 299 g/mol. The number of carbonyl (C=O) groups is 1. The summed E-state index contributed by atoms with van der Waals surface area (Å²) in [6, 6.07) is 0.615. The minimum absolute atomic E-state index is 0.285. The van der Waals surface area contributed by atoms with E-state index in [0.717, 1.165) is 26.1 Å². The van der Waals surface area contributed by atoms with Gasteiger partial charge in [-0.15, -0.1) is 0 Å². The molecule has 1 aliphatic heterocycles. The van der Waals surface area contributed by atoms with Crippen LogP contribution in [-0.2, 0) is 9.53 Å². The normalized spacial score (nSPS) is 24.3. The van der Waals surface area contributed by atoms with Gasteiger partial charge >= 0.3 is 5.97 Å². The van der Waals surface area contributed by atoms with Crippen molar-refractivity contribution in [2.24, 2.45) is 5.73 Å². The van der Waals surface area contributed by atoms with Crippen molar-refractivity contribution in [3.8, 4) is 0 Å². The molecule has 124 valence electrons. The van der Waals surface area contributed by atoms with Gasteiger partial charge in [0.15, 0.2) is 0 Å². The number of rotatable bonds is 7. The predicted octanol–water partition coefficient (Wildman–Crippen LogP) is 1.46. The van der Waals surface area contributed by atoms with Crippen molar-refractivity contribution >= 4 is 5.97 Å². The van der Waals surface area contributed by atoms with Crippen molar-refractivity contribution in [1.29, 1.82) is 0 Å². The molecule has 0 radical (unpaired) electrons. The molecule has 21 heavy (non-hydrogen) atoms. The molecular weight excluding hydrogens is 266 g/mol. The highest BCUT2D eigenvalue weighted by molar-refractivity contribution is 5.79. The van der Waals surface area contributed by atoms with Gasteiger partial charge in [0.25, 0.3) is 0 Å². The van der Waals surface area contributed by atoms with Crippen LogP contribution in [0.4, 0.5) is 0 Å². The Bertz CT molecular complexity index is 321. The molecule has 0 aliphatic carbocycles. The Hall–Kier alpha value is -0.650. The van der Waals surface area contributed by atoms with Crippen LogP contribution >= 0.6 is 0 Å². The Balaban J connectivity index is 2.44. The molecule has 0 aromatic carbocycles. The highest BCUT2D eigenvalue weighted by Gasteiger charge is 2.30. The number of carbonyl (C=O) groups excluding carboxylic acids is 1. The second kappa shape index (κ2) is 8.71. The van der Waals surface area contributed by atoms with Gasteiger partial charge < -0.3 is 15.4 Å². The maximum absolute atomic E-state index is 11.8. The number of nitrogens with two attached hydrogens (primary N) is 1. The van der Waals surface area contributed by atoms with Gasteiger partial charge in [0, 0.05) is 12.6 Å². The van der Waals surface area contributed by atoms with Gasteiger partial charge in [-0.2, -0.15) is 0 Å². The molecule has 2 N–H and O–H groups in total. The molecular formula is C16H33N3O2. The molecule has 0 amide bonds. The SMILES string of the molecule is CCOC(=O)C(C)(N)CCCN1CCCN(C)CC1CC. The highest BCUT2D eigenvalue weighted by atomic mass is 16.5. The van der Waals surface area contributed by atoms with Crippen molar-refractivity contribution in [2.45, 2.75) is 58.0 Å². The van der Waals surface area contributed by atoms with Gasteiger partial charge in [0.2, 0.25) is 0 Å². The molecule has 1 rings (SSSR count). The Labute approximate surface area is 129 Å². The minimum Gasteiger partial charge on any atom is -0.465 e. The van der Waals surface area contributed by atoms with Gasteiger partial charge in [0.1, 0.15) is 5.54 Å². The summed E-state index contributed by atoms with van der Waals surface area (Å²) in [7, 11) is 2.20. The quantitative estimate of drug-likeness (QED) is 0.721. The van der Waals surface area contributed by atoms with Crippen LogP contribution in [0.3, 0.4) is 0 Å². The van der Waals surface area contributed by atoms with E-state index in [1.54, 1.807) is 6.92 Å². The lowest BCUT2D eigenvalue weighted by atomic mass is 9.97. The molecule has 2 atom stereocenters. The van der Waals surface area contributed by atoms with E-state index in [0.29, 0.717) is 19.1 Å². The Morgan fingerprint density at radius 3 is 2.71 bits per heavy atom. The maximum atomic E-state index is 11.8. The van der Waals surface area contributed by atoms with Crippen molar-refractivity contribution in [3.05, 3.63) is 0 Å². The first kappa shape index (κ1) is 18.4. The fourth-order valence-electron chi connectivity index (χ4n) is 3.02. The largest absolute Gasteiger partial charge is 0.465 e. The summed E-state index contributed by atoms with van der Waals surface area (Å²) >= 11 is 0. The Morgan fingerprint density at radius 2 is 2.10 bits per heavy atom. The molecule has 1 heterocycles. The van der Waals surface area contributed by atoms with Crippen LogP contribution in [0.25, 0.3) is 0 Å². The van der Waals surface area contributed by atoms with Crippen molar-refractivity contribution in [1.82, 2.24) is 9.80 Å². The van der Waals surface area contributed by atoms with E-state index in [2.05, 4.69) is 23.8 Å². The summed E-state index contributed by atoms with van der Waals surface area (Å²) in [5, 5.41) is 0. The average molecular weight is 299 g/mol. The van der Waals surface area contributed by atoms with Gasteiger partial charge in [-0.1, -0.05) is 6.92 Å². The first-order chi connectivity index (χ1) is 9.90. The number of likely N-dealkylation sites (N-methyl/N-ethyl adjacent to an activating group) is 1. The lowest BCUT2D eigenvalue weighted by Crippen LogP contribution is -2.47. The fourth-order valence-corrected chi connectivity index (χ4v) is 3.02. The number of nitrogens with zero attached hydrogens (tertiary/aromatic N) is 2. The zero-order valence-corrected chi connectivity index (χ0v) is 14.2. The maximum Gasteiger partial charge on any atom is 0.325 e. The van der Waals surface area contributed by atoms with Crippen LogP contribution in [0, 0.1) is 0 Å². The second-order valence-corrected chi connectivity index (χ2v) is 6.46. The minimum atomic E-state index is -0.861. The first-order valence-electron chi connectivity index (χ1n) is 8.29. The number of hydrogen-bond donors (Lipinski definition) is 1. The molecule has 5 nitrogen and oxygen atoms in total. The third kappa shape index (κ3) is 5.93. The molecule has 0 aromatic rings. The summed E-state index contributed by atoms with van der Waals surface area (Å²) in [4.78, 5) is 16.8. The lowest BCUT2D eigenvalue weighted by Gasteiger charge is -2.31. The number of hydrogen-bond acceptors (Lipinski definition) is 5. The second-order valence-electron chi connectivity index (χ2n) is 6.46. The van der Waals surface area contributed by atoms with E-state index in [1.165, 1.54) is 19.4 Å². The third-order valence-corrected chi connectivity index (χ3v) is 4.38. The van der Waals surface area contributed by atoms with Gasteiger partial charge in [-0.25, -0.2) is 0 Å². The third-order valence-electron chi connectivity index (χ3n) is 4.38. The van der Waals surface area contributed by atoms with Gasteiger partial charge in [0.05, 0.1) is 6.61 Å². The Morgan fingerprint density at radius 1 is 1.38 bits per heavy atom. The first-order valence-corrected chi connectivity index (χ1v) is 8.29. The van der Waals surface area contributed by atoms with E-state index in [4.69, 9.17) is 10.5 Å². The van der Waals surface area contributed by atoms with Crippen LogP contribution in [0.2, 0.25) is 0 Å². The Kier molecular flexibility index (Phi) is 7.63. The number of esters is 1. The fraction of sp³-hybridized carbons (Fsp3) is 0.938.